The highest BCUT2D eigenvalue weighted by Gasteiger charge is 2.52. The van der Waals surface area contributed by atoms with Crippen molar-refractivity contribution in [2.75, 3.05) is 5.75 Å². The van der Waals surface area contributed by atoms with E-state index in [4.69, 9.17) is 0 Å². The van der Waals surface area contributed by atoms with Gasteiger partial charge in [-0.15, -0.1) is 0 Å². The molecular weight excluding hydrogens is 364 g/mol. The predicted octanol–water partition coefficient (Wildman–Crippen LogP) is 2.05. The third-order valence-electron chi connectivity index (χ3n) is 1.75. The van der Waals surface area contributed by atoms with Gasteiger partial charge in [-0.05, 0) is 6.92 Å². The van der Waals surface area contributed by atoms with Gasteiger partial charge < -0.3 is 0 Å². The van der Waals surface area contributed by atoms with Crippen molar-refractivity contribution in [2.45, 2.75) is 20.2 Å². The highest BCUT2D eigenvalue weighted by Crippen LogP contribution is 2.44. The molecular formula is C5H7Br3O2S. The number of hydrogen-bond donors (Lipinski definition) is 0. The zero-order valence-corrected chi connectivity index (χ0v) is 11.3. The van der Waals surface area contributed by atoms with Gasteiger partial charge in [-0.1, -0.05) is 47.8 Å². The number of sulfone groups is 1. The Morgan fingerprint density at radius 1 is 1.45 bits per heavy atom. The topological polar surface area (TPSA) is 34.1 Å². The first-order valence-electron chi connectivity index (χ1n) is 2.97. The van der Waals surface area contributed by atoms with Gasteiger partial charge in [-0.3, -0.25) is 0 Å². The molecule has 0 aromatic carbocycles. The second-order valence-electron chi connectivity index (χ2n) is 2.76. The monoisotopic (exact) mass is 368 g/mol. The van der Waals surface area contributed by atoms with Crippen molar-refractivity contribution in [3.63, 3.8) is 0 Å². The van der Waals surface area contributed by atoms with E-state index in [0.717, 1.165) is 0 Å². The number of alkyl halides is 3. The van der Waals surface area contributed by atoms with Gasteiger partial charge in [-0.2, -0.15) is 0 Å². The first-order chi connectivity index (χ1) is 4.78. The van der Waals surface area contributed by atoms with E-state index in [-0.39, 0.29) is 10.6 Å². The second kappa shape index (κ2) is 2.96. The highest BCUT2D eigenvalue weighted by molar-refractivity contribution is 9.15. The van der Waals surface area contributed by atoms with Crippen LogP contribution in [0.5, 0.6) is 0 Å². The lowest BCUT2D eigenvalue weighted by molar-refractivity contribution is 0.599. The zero-order chi connectivity index (χ0) is 8.86. The molecule has 0 bridgehead atoms. The molecule has 0 N–H and O–H groups in total. The SMILES string of the molecule is C[C@@]1(Br)[C@@H](Br)S(=O)(=O)C[C@@H]1Br. The fraction of sp³-hybridized carbons (Fsp3) is 1.00. The van der Waals surface area contributed by atoms with Crippen molar-refractivity contribution in [3.05, 3.63) is 0 Å². The summed E-state index contributed by atoms with van der Waals surface area (Å²) in [5, 5.41) is 0. The summed E-state index contributed by atoms with van der Waals surface area (Å²) in [6.45, 7) is 1.86. The quantitative estimate of drug-likeness (QED) is 0.612. The fourth-order valence-electron chi connectivity index (χ4n) is 0.945. The van der Waals surface area contributed by atoms with Gasteiger partial charge in [0.2, 0.25) is 0 Å². The molecule has 0 unspecified atom stereocenters. The van der Waals surface area contributed by atoms with E-state index in [2.05, 4.69) is 47.8 Å². The molecule has 11 heavy (non-hydrogen) atoms. The minimum Gasteiger partial charge on any atom is -0.228 e. The van der Waals surface area contributed by atoms with E-state index in [1.807, 2.05) is 6.92 Å². The van der Waals surface area contributed by atoms with Gasteiger partial charge >= 0.3 is 0 Å². The van der Waals surface area contributed by atoms with Crippen LogP contribution in [0.3, 0.4) is 0 Å². The summed E-state index contributed by atoms with van der Waals surface area (Å²) >= 11 is 9.85. The molecule has 1 saturated heterocycles. The van der Waals surface area contributed by atoms with Crippen LogP contribution in [0.15, 0.2) is 0 Å². The number of hydrogen-bond acceptors (Lipinski definition) is 2. The molecule has 66 valence electrons. The molecule has 0 spiro atoms. The predicted molar refractivity (Wildman–Crippen MR) is 56.5 cm³/mol. The van der Waals surface area contributed by atoms with Crippen molar-refractivity contribution in [2.24, 2.45) is 0 Å². The Kier molecular flexibility index (Phi) is 2.82. The minimum absolute atomic E-state index is 0.0237. The summed E-state index contributed by atoms with van der Waals surface area (Å²) in [5.74, 6) is 0.185. The van der Waals surface area contributed by atoms with E-state index < -0.39 is 18.3 Å². The van der Waals surface area contributed by atoms with Crippen LogP contribution >= 0.6 is 47.8 Å². The molecule has 2 nitrogen and oxygen atoms in total. The first-order valence-corrected chi connectivity index (χ1v) is 7.31. The zero-order valence-electron chi connectivity index (χ0n) is 5.72. The molecule has 6 heteroatoms. The Bertz CT molecular complexity index is 259. The Hall–Kier alpha value is 1.39. The van der Waals surface area contributed by atoms with Crippen molar-refractivity contribution < 1.29 is 8.42 Å². The average Bonchev–Trinajstić information content (AvgIpc) is 1.94. The molecule has 1 aliphatic heterocycles. The van der Waals surface area contributed by atoms with Crippen LogP contribution in [0, 0.1) is 0 Å². The molecule has 1 fully saturated rings. The van der Waals surface area contributed by atoms with Crippen LogP contribution in [-0.4, -0.2) is 27.5 Å². The van der Waals surface area contributed by atoms with E-state index in [1.54, 1.807) is 0 Å². The van der Waals surface area contributed by atoms with Crippen molar-refractivity contribution in [1.82, 2.24) is 0 Å². The van der Waals surface area contributed by atoms with Gasteiger partial charge in [0.15, 0.2) is 9.84 Å². The van der Waals surface area contributed by atoms with Crippen molar-refractivity contribution in [3.8, 4) is 0 Å². The average molecular weight is 371 g/mol. The van der Waals surface area contributed by atoms with E-state index in [9.17, 15) is 8.42 Å². The maximum absolute atomic E-state index is 11.3. The van der Waals surface area contributed by atoms with E-state index in [0.29, 0.717) is 0 Å². The standard InChI is InChI=1S/C5H7Br3O2S/c1-5(8)3(6)2-11(9,10)4(5)7/h3-4H,2H2,1H3/t3-,4-,5-/m0/s1. The Morgan fingerprint density at radius 3 is 2.00 bits per heavy atom. The summed E-state index contributed by atoms with van der Waals surface area (Å²) in [4.78, 5) is -0.0237. The van der Waals surface area contributed by atoms with Crippen molar-refractivity contribution >= 4 is 57.6 Å². The van der Waals surface area contributed by atoms with Crippen LogP contribution in [0.2, 0.25) is 0 Å². The van der Waals surface area contributed by atoms with Crippen LogP contribution in [0.25, 0.3) is 0 Å². The maximum atomic E-state index is 11.3. The first kappa shape index (κ1) is 10.5. The van der Waals surface area contributed by atoms with E-state index in [1.165, 1.54) is 0 Å². The van der Waals surface area contributed by atoms with Gasteiger partial charge in [0, 0.05) is 4.83 Å². The highest BCUT2D eigenvalue weighted by atomic mass is 79.9. The normalized spacial score (nSPS) is 49.5. The van der Waals surface area contributed by atoms with Crippen LogP contribution in [0.4, 0.5) is 0 Å². The van der Waals surface area contributed by atoms with Crippen LogP contribution in [0.1, 0.15) is 6.92 Å². The number of halogens is 3. The van der Waals surface area contributed by atoms with Gasteiger partial charge in [0.05, 0.1) is 10.1 Å². The third kappa shape index (κ3) is 1.69. The lowest BCUT2D eigenvalue weighted by Crippen LogP contribution is -2.31. The van der Waals surface area contributed by atoms with Crippen LogP contribution < -0.4 is 0 Å². The lowest BCUT2D eigenvalue weighted by Gasteiger charge is -2.21. The summed E-state index contributed by atoms with van der Waals surface area (Å²) in [5.41, 5.74) is 0. The molecule has 0 amide bonds. The summed E-state index contributed by atoms with van der Waals surface area (Å²) in [6.07, 6.45) is 0. The molecule has 1 rings (SSSR count). The van der Waals surface area contributed by atoms with Gasteiger partial charge in [0.25, 0.3) is 0 Å². The molecule has 0 saturated carbocycles. The molecule has 3 atom stereocenters. The summed E-state index contributed by atoms with van der Waals surface area (Å²) in [6, 6.07) is 0. The smallest absolute Gasteiger partial charge is 0.165 e. The molecule has 1 aliphatic rings. The Balaban J connectivity index is 3.09. The molecule has 0 aromatic rings. The largest absolute Gasteiger partial charge is 0.228 e. The van der Waals surface area contributed by atoms with Gasteiger partial charge in [0.1, 0.15) is 4.16 Å². The lowest BCUT2D eigenvalue weighted by atomic mass is 10.2. The fourth-order valence-corrected chi connectivity index (χ4v) is 6.64. The maximum Gasteiger partial charge on any atom is 0.165 e. The molecule has 0 aromatic heterocycles. The Labute approximate surface area is 91.4 Å². The summed E-state index contributed by atoms with van der Waals surface area (Å²) < 4.78 is 21.7. The van der Waals surface area contributed by atoms with Crippen LogP contribution in [-0.2, 0) is 9.84 Å². The Morgan fingerprint density at radius 2 is 1.91 bits per heavy atom. The molecule has 0 radical (unpaired) electrons. The second-order valence-corrected chi connectivity index (χ2v) is 9.23. The molecule has 1 heterocycles. The third-order valence-corrected chi connectivity index (χ3v) is 10.6. The summed E-state index contributed by atoms with van der Waals surface area (Å²) in [7, 11) is -2.96. The minimum atomic E-state index is -2.96. The van der Waals surface area contributed by atoms with Crippen molar-refractivity contribution in [1.29, 1.82) is 0 Å². The molecule has 0 aliphatic carbocycles. The number of rotatable bonds is 0. The van der Waals surface area contributed by atoms with E-state index >= 15 is 0 Å². The van der Waals surface area contributed by atoms with Gasteiger partial charge in [-0.25, -0.2) is 8.42 Å².